The van der Waals surface area contributed by atoms with Gasteiger partial charge in [0.2, 0.25) is 0 Å². The molecule has 1 aliphatic rings. The number of hydrogen-bond acceptors (Lipinski definition) is 7. The van der Waals surface area contributed by atoms with Gasteiger partial charge in [0.25, 0.3) is 0 Å². The van der Waals surface area contributed by atoms with Crippen molar-refractivity contribution < 1.29 is 23.7 Å². The molecule has 1 aromatic carbocycles. The molecule has 0 bridgehead atoms. The van der Waals surface area contributed by atoms with Crippen molar-refractivity contribution in [3.8, 4) is 11.5 Å². The average molecular weight is 429 g/mol. The maximum Gasteiger partial charge on any atom is 0.343 e. The van der Waals surface area contributed by atoms with Crippen LogP contribution in [0.4, 0.5) is 5.82 Å². The minimum Gasteiger partial charge on any atom is -0.482 e. The first-order valence-electron chi connectivity index (χ1n) is 10.6. The molecule has 0 saturated carbocycles. The fourth-order valence-corrected chi connectivity index (χ4v) is 3.86. The third-order valence-corrected chi connectivity index (χ3v) is 5.77. The van der Waals surface area contributed by atoms with Crippen molar-refractivity contribution in [1.82, 2.24) is 4.98 Å². The molecule has 0 radical (unpaired) electrons. The van der Waals surface area contributed by atoms with Crippen LogP contribution in [0, 0.1) is 20.8 Å². The van der Waals surface area contributed by atoms with E-state index in [1.165, 1.54) is 25.5 Å². The van der Waals surface area contributed by atoms with E-state index in [1.54, 1.807) is 7.11 Å². The van der Waals surface area contributed by atoms with E-state index in [2.05, 4.69) is 23.5 Å². The van der Waals surface area contributed by atoms with E-state index in [-0.39, 0.29) is 13.4 Å². The molecule has 2 heterocycles. The zero-order chi connectivity index (χ0) is 22.4. The molecule has 0 amide bonds. The van der Waals surface area contributed by atoms with Crippen molar-refractivity contribution in [2.24, 2.45) is 0 Å². The smallest absolute Gasteiger partial charge is 0.343 e. The van der Waals surface area contributed by atoms with Crippen molar-refractivity contribution in [3.05, 3.63) is 46.1 Å². The molecule has 168 valence electrons. The van der Waals surface area contributed by atoms with E-state index in [0.717, 1.165) is 47.0 Å². The zero-order valence-corrected chi connectivity index (χ0v) is 19.1. The monoisotopic (exact) mass is 428 g/mol. The van der Waals surface area contributed by atoms with Gasteiger partial charge in [-0.1, -0.05) is 0 Å². The van der Waals surface area contributed by atoms with Crippen molar-refractivity contribution in [1.29, 1.82) is 0 Å². The van der Waals surface area contributed by atoms with Crippen LogP contribution in [0.2, 0.25) is 0 Å². The first kappa shape index (κ1) is 22.9. The SMILES string of the molecule is COCOc1ccc(Cc2c(C)cc(OCC(=O)OC)c(C)c2C)nc1N1CCCC1. The van der Waals surface area contributed by atoms with Crippen LogP contribution in [0.3, 0.4) is 0 Å². The van der Waals surface area contributed by atoms with Gasteiger partial charge in [-0.15, -0.1) is 0 Å². The van der Waals surface area contributed by atoms with Crippen LogP contribution >= 0.6 is 0 Å². The number of esters is 1. The number of carbonyl (C=O) groups is 1. The van der Waals surface area contributed by atoms with Gasteiger partial charge >= 0.3 is 5.97 Å². The van der Waals surface area contributed by atoms with Gasteiger partial charge in [0.05, 0.1) is 7.11 Å². The molecule has 1 fully saturated rings. The second-order valence-corrected chi connectivity index (χ2v) is 7.83. The number of benzene rings is 1. The number of carbonyl (C=O) groups excluding carboxylic acids is 1. The molecule has 7 heteroatoms. The number of pyridine rings is 1. The summed E-state index contributed by atoms with van der Waals surface area (Å²) in [4.78, 5) is 18.7. The highest BCUT2D eigenvalue weighted by Crippen LogP contribution is 2.32. The normalized spacial score (nSPS) is 13.4. The van der Waals surface area contributed by atoms with Crippen LogP contribution < -0.4 is 14.4 Å². The van der Waals surface area contributed by atoms with Crippen molar-refractivity contribution in [2.75, 3.05) is 45.6 Å². The maximum absolute atomic E-state index is 11.4. The van der Waals surface area contributed by atoms with Crippen molar-refractivity contribution >= 4 is 11.8 Å². The predicted octanol–water partition coefficient (Wildman–Crippen LogP) is 3.73. The van der Waals surface area contributed by atoms with Gasteiger partial charge in [-0.25, -0.2) is 9.78 Å². The number of aryl methyl sites for hydroxylation is 1. The Morgan fingerprint density at radius 1 is 1.03 bits per heavy atom. The van der Waals surface area contributed by atoms with Gasteiger partial charge < -0.3 is 23.8 Å². The van der Waals surface area contributed by atoms with Crippen LogP contribution in [0.15, 0.2) is 18.2 Å². The first-order chi connectivity index (χ1) is 14.9. The summed E-state index contributed by atoms with van der Waals surface area (Å²) in [5.41, 5.74) is 5.47. The van der Waals surface area contributed by atoms with Gasteiger partial charge in [0.1, 0.15) is 5.75 Å². The Kier molecular flexibility index (Phi) is 7.74. The fraction of sp³-hybridized carbons (Fsp3) is 0.500. The molecule has 0 atom stereocenters. The first-order valence-corrected chi connectivity index (χ1v) is 10.6. The molecule has 2 aromatic rings. The number of rotatable bonds is 9. The lowest BCUT2D eigenvalue weighted by atomic mass is 9.94. The van der Waals surface area contributed by atoms with Crippen LogP contribution in [-0.4, -0.2) is 51.7 Å². The van der Waals surface area contributed by atoms with E-state index >= 15 is 0 Å². The Bertz CT molecular complexity index is 923. The summed E-state index contributed by atoms with van der Waals surface area (Å²) >= 11 is 0. The highest BCUT2D eigenvalue weighted by atomic mass is 16.7. The molecule has 7 nitrogen and oxygen atoms in total. The second kappa shape index (κ2) is 10.5. The summed E-state index contributed by atoms with van der Waals surface area (Å²) in [5.74, 6) is 1.95. The van der Waals surface area contributed by atoms with Crippen LogP contribution in [0.25, 0.3) is 0 Å². The van der Waals surface area contributed by atoms with Crippen molar-refractivity contribution in [3.63, 3.8) is 0 Å². The third kappa shape index (κ3) is 5.47. The van der Waals surface area contributed by atoms with Crippen LogP contribution in [-0.2, 0) is 20.7 Å². The van der Waals surface area contributed by atoms with Gasteiger partial charge in [0, 0.05) is 32.3 Å². The Hall–Kier alpha value is -2.80. The van der Waals surface area contributed by atoms with E-state index in [0.29, 0.717) is 12.2 Å². The minimum atomic E-state index is -0.395. The topological polar surface area (TPSA) is 70.1 Å². The molecule has 1 aromatic heterocycles. The van der Waals surface area contributed by atoms with Gasteiger partial charge in [0.15, 0.2) is 25.0 Å². The molecule has 0 spiro atoms. The lowest BCUT2D eigenvalue weighted by Gasteiger charge is -2.21. The molecular weight excluding hydrogens is 396 g/mol. The van der Waals surface area contributed by atoms with E-state index in [4.69, 9.17) is 19.2 Å². The molecule has 0 aliphatic carbocycles. The minimum absolute atomic E-state index is 0.0980. The zero-order valence-electron chi connectivity index (χ0n) is 19.1. The standard InChI is InChI=1S/C24H32N2O5/c1-16-12-22(30-14-23(27)29-5)18(3)17(2)20(16)13-19-8-9-21(31-15-28-4)24(25-19)26-10-6-7-11-26/h8-9,12H,6-7,10-11,13-15H2,1-5H3. The summed E-state index contributed by atoms with van der Waals surface area (Å²) in [6.45, 7) is 8.23. The summed E-state index contributed by atoms with van der Waals surface area (Å²) < 4.78 is 21.2. The number of aromatic nitrogens is 1. The third-order valence-electron chi connectivity index (χ3n) is 5.77. The Morgan fingerprint density at radius 3 is 2.45 bits per heavy atom. The summed E-state index contributed by atoms with van der Waals surface area (Å²) in [6, 6.07) is 5.98. The van der Waals surface area contributed by atoms with Gasteiger partial charge in [-0.2, -0.15) is 0 Å². The summed E-state index contributed by atoms with van der Waals surface area (Å²) in [5, 5.41) is 0. The Labute approximate surface area is 184 Å². The largest absolute Gasteiger partial charge is 0.482 e. The molecule has 1 saturated heterocycles. The molecule has 3 rings (SSSR count). The predicted molar refractivity (Wildman–Crippen MR) is 119 cm³/mol. The summed E-state index contributed by atoms with van der Waals surface area (Å²) in [7, 11) is 2.97. The quantitative estimate of drug-likeness (QED) is 0.445. The maximum atomic E-state index is 11.4. The molecule has 31 heavy (non-hydrogen) atoms. The second-order valence-electron chi connectivity index (χ2n) is 7.83. The summed E-state index contributed by atoms with van der Waals surface area (Å²) in [6.07, 6.45) is 3.04. The highest BCUT2D eigenvalue weighted by Gasteiger charge is 2.20. The number of ether oxygens (including phenoxy) is 4. The lowest BCUT2D eigenvalue weighted by molar-refractivity contribution is -0.142. The van der Waals surface area contributed by atoms with Crippen molar-refractivity contribution in [2.45, 2.75) is 40.0 Å². The number of hydrogen-bond donors (Lipinski definition) is 0. The van der Waals surface area contributed by atoms with Crippen LogP contribution in [0.1, 0.15) is 40.8 Å². The highest BCUT2D eigenvalue weighted by molar-refractivity contribution is 5.71. The molecule has 1 aliphatic heterocycles. The number of anilines is 1. The number of nitrogens with zero attached hydrogens (tertiary/aromatic N) is 2. The fourth-order valence-electron chi connectivity index (χ4n) is 3.86. The van der Waals surface area contributed by atoms with E-state index < -0.39 is 5.97 Å². The van der Waals surface area contributed by atoms with Gasteiger partial charge in [-0.05, 0) is 74.1 Å². The average Bonchev–Trinajstić information content (AvgIpc) is 3.31. The Morgan fingerprint density at radius 2 is 1.77 bits per heavy atom. The van der Waals surface area contributed by atoms with E-state index in [1.807, 2.05) is 25.1 Å². The molecular formula is C24H32N2O5. The molecule has 0 N–H and O–H groups in total. The lowest BCUT2D eigenvalue weighted by Crippen LogP contribution is -2.21. The Balaban J connectivity index is 1.86. The van der Waals surface area contributed by atoms with Gasteiger partial charge in [-0.3, -0.25) is 0 Å². The van der Waals surface area contributed by atoms with Crippen LogP contribution in [0.5, 0.6) is 11.5 Å². The van der Waals surface area contributed by atoms with E-state index in [9.17, 15) is 4.79 Å². The number of methoxy groups -OCH3 is 2. The molecule has 0 unspecified atom stereocenters.